The van der Waals surface area contributed by atoms with E-state index < -0.39 is 0 Å². The minimum Gasteiger partial charge on any atom is -0.378 e. The zero-order chi connectivity index (χ0) is 17.9. The predicted octanol–water partition coefficient (Wildman–Crippen LogP) is 3.44. The number of rotatable bonds is 9. The van der Waals surface area contributed by atoms with Crippen molar-refractivity contribution < 1.29 is 4.74 Å². The number of hydrogen-bond donors (Lipinski definition) is 1. The van der Waals surface area contributed by atoms with Crippen LogP contribution in [0.15, 0.2) is 4.99 Å². The van der Waals surface area contributed by atoms with Gasteiger partial charge in [0.15, 0.2) is 5.96 Å². The van der Waals surface area contributed by atoms with E-state index in [1.54, 1.807) is 0 Å². The van der Waals surface area contributed by atoms with E-state index in [2.05, 4.69) is 56.9 Å². The van der Waals surface area contributed by atoms with Crippen LogP contribution in [-0.2, 0) is 4.74 Å². The molecule has 0 spiro atoms. The van der Waals surface area contributed by atoms with Gasteiger partial charge in [0.25, 0.3) is 0 Å². The third-order valence-corrected chi connectivity index (χ3v) is 5.16. The SMILES string of the molecule is CCNC(=NCC(C(CC)CC)N(C)C)N1CCC(OCC)CC1.I. The van der Waals surface area contributed by atoms with Gasteiger partial charge in [-0.25, -0.2) is 0 Å². The molecule has 1 N–H and O–H groups in total. The molecule has 0 aromatic rings. The van der Waals surface area contributed by atoms with Crippen molar-refractivity contribution in [1.29, 1.82) is 0 Å². The number of halogens is 1. The molecule has 0 bridgehead atoms. The van der Waals surface area contributed by atoms with Gasteiger partial charge in [0.05, 0.1) is 12.6 Å². The first-order chi connectivity index (χ1) is 11.6. The van der Waals surface area contributed by atoms with Crippen molar-refractivity contribution in [2.45, 2.75) is 65.5 Å². The van der Waals surface area contributed by atoms with Gasteiger partial charge >= 0.3 is 0 Å². The Morgan fingerprint density at radius 2 is 1.76 bits per heavy atom. The first-order valence-electron chi connectivity index (χ1n) is 9.88. The van der Waals surface area contributed by atoms with Crippen LogP contribution in [0.2, 0.25) is 0 Å². The van der Waals surface area contributed by atoms with Crippen LogP contribution >= 0.6 is 24.0 Å². The number of hydrogen-bond acceptors (Lipinski definition) is 3. The third-order valence-electron chi connectivity index (χ3n) is 5.16. The van der Waals surface area contributed by atoms with Gasteiger partial charge in [-0.05, 0) is 46.7 Å². The number of piperidine rings is 1. The largest absolute Gasteiger partial charge is 0.378 e. The monoisotopic (exact) mass is 468 g/mol. The quantitative estimate of drug-likeness (QED) is 0.320. The van der Waals surface area contributed by atoms with E-state index >= 15 is 0 Å². The molecule has 0 aliphatic carbocycles. The molecule has 0 amide bonds. The summed E-state index contributed by atoms with van der Waals surface area (Å²) in [6, 6.07) is 0.509. The Morgan fingerprint density at radius 3 is 2.20 bits per heavy atom. The smallest absolute Gasteiger partial charge is 0.193 e. The highest BCUT2D eigenvalue weighted by atomic mass is 127. The zero-order valence-electron chi connectivity index (χ0n) is 17.3. The minimum absolute atomic E-state index is 0. The highest BCUT2D eigenvalue weighted by Crippen LogP contribution is 2.18. The average molecular weight is 468 g/mol. The summed E-state index contributed by atoms with van der Waals surface area (Å²) < 4.78 is 5.77. The van der Waals surface area contributed by atoms with E-state index in [9.17, 15) is 0 Å². The maximum absolute atomic E-state index is 5.77. The van der Waals surface area contributed by atoms with Gasteiger partial charge < -0.3 is 19.9 Å². The van der Waals surface area contributed by atoms with Gasteiger partial charge in [-0.15, -0.1) is 24.0 Å². The average Bonchev–Trinajstić information content (AvgIpc) is 2.58. The van der Waals surface area contributed by atoms with Crippen molar-refractivity contribution >= 4 is 29.9 Å². The molecule has 0 radical (unpaired) electrons. The molecular weight excluding hydrogens is 427 g/mol. The third kappa shape index (κ3) is 8.43. The second-order valence-electron chi connectivity index (χ2n) is 6.94. The second-order valence-corrected chi connectivity index (χ2v) is 6.94. The van der Waals surface area contributed by atoms with Crippen molar-refractivity contribution in [1.82, 2.24) is 15.1 Å². The number of guanidine groups is 1. The molecule has 1 unspecified atom stereocenters. The standard InChI is InChI=1S/C19H40N4O.HI/c1-7-16(8-2)18(22(5)6)15-21-19(20-9-3)23-13-11-17(12-14-23)24-10-4;/h16-18H,7-15H2,1-6H3,(H,20,21);1H. The van der Waals surface area contributed by atoms with E-state index in [0.29, 0.717) is 18.1 Å². The first kappa shape index (κ1) is 24.9. The maximum atomic E-state index is 5.77. The molecule has 0 saturated carbocycles. The Kier molecular flexibility index (Phi) is 14.0. The first-order valence-corrected chi connectivity index (χ1v) is 9.88. The minimum atomic E-state index is 0. The molecule has 1 saturated heterocycles. The Hall–Kier alpha value is -0.0800. The fraction of sp³-hybridized carbons (Fsp3) is 0.947. The number of nitrogens with zero attached hydrogens (tertiary/aromatic N) is 3. The van der Waals surface area contributed by atoms with E-state index in [1.807, 2.05) is 0 Å². The number of ether oxygens (including phenoxy) is 1. The summed E-state index contributed by atoms with van der Waals surface area (Å²) in [5.41, 5.74) is 0. The van der Waals surface area contributed by atoms with E-state index in [1.165, 1.54) is 12.8 Å². The molecule has 1 heterocycles. The summed E-state index contributed by atoms with van der Waals surface area (Å²) in [5.74, 6) is 1.78. The van der Waals surface area contributed by atoms with Gasteiger partial charge in [0.1, 0.15) is 0 Å². The van der Waals surface area contributed by atoms with Gasteiger partial charge in [-0.3, -0.25) is 4.99 Å². The summed E-state index contributed by atoms with van der Waals surface area (Å²) in [4.78, 5) is 9.74. The molecule has 1 rings (SSSR count). The summed E-state index contributed by atoms with van der Waals surface area (Å²) in [5, 5.41) is 3.48. The van der Waals surface area contributed by atoms with Crippen LogP contribution in [-0.4, -0.2) is 74.8 Å². The van der Waals surface area contributed by atoms with Crippen LogP contribution in [0.25, 0.3) is 0 Å². The van der Waals surface area contributed by atoms with Gasteiger partial charge in [0.2, 0.25) is 0 Å². The Morgan fingerprint density at radius 1 is 1.16 bits per heavy atom. The summed E-state index contributed by atoms with van der Waals surface area (Å²) in [6.45, 7) is 13.5. The lowest BCUT2D eigenvalue weighted by Crippen LogP contribution is -2.48. The number of likely N-dealkylation sites (N-methyl/N-ethyl adjacent to an activating group) is 1. The Bertz CT molecular complexity index is 353. The topological polar surface area (TPSA) is 40.1 Å². The van der Waals surface area contributed by atoms with Crippen LogP contribution in [0.5, 0.6) is 0 Å². The number of likely N-dealkylation sites (tertiary alicyclic amines) is 1. The molecular formula is C19H41IN4O. The van der Waals surface area contributed by atoms with Crippen molar-refractivity contribution in [3.8, 4) is 0 Å². The molecule has 1 aliphatic heterocycles. The fourth-order valence-corrected chi connectivity index (χ4v) is 3.64. The molecule has 1 atom stereocenters. The van der Waals surface area contributed by atoms with Gasteiger partial charge in [-0.1, -0.05) is 26.7 Å². The highest BCUT2D eigenvalue weighted by molar-refractivity contribution is 14.0. The molecule has 1 aliphatic rings. The lowest BCUT2D eigenvalue weighted by atomic mass is 9.93. The normalized spacial score (nSPS) is 17.8. The maximum Gasteiger partial charge on any atom is 0.193 e. The van der Waals surface area contributed by atoms with Crippen molar-refractivity contribution in [2.75, 3.05) is 46.9 Å². The van der Waals surface area contributed by atoms with Crippen molar-refractivity contribution in [2.24, 2.45) is 10.9 Å². The summed E-state index contributed by atoms with van der Waals surface area (Å²) in [6.07, 6.45) is 5.05. The molecule has 5 nitrogen and oxygen atoms in total. The molecule has 1 fully saturated rings. The predicted molar refractivity (Wildman–Crippen MR) is 119 cm³/mol. The molecule has 0 aromatic heterocycles. The van der Waals surface area contributed by atoms with Crippen molar-refractivity contribution in [3.05, 3.63) is 0 Å². The van der Waals surface area contributed by atoms with Gasteiger partial charge in [0, 0.05) is 32.3 Å². The Labute approximate surface area is 173 Å². The van der Waals surface area contributed by atoms with Crippen LogP contribution in [0.3, 0.4) is 0 Å². The van der Waals surface area contributed by atoms with Crippen LogP contribution in [0.1, 0.15) is 53.4 Å². The van der Waals surface area contributed by atoms with Crippen molar-refractivity contribution in [3.63, 3.8) is 0 Å². The van der Waals surface area contributed by atoms with Gasteiger partial charge in [-0.2, -0.15) is 0 Å². The van der Waals surface area contributed by atoms with Crippen LogP contribution in [0.4, 0.5) is 0 Å². The number of nitrogens with one attached hydrogen (secondary N) is 1. The number of aliphatic imine (C=N–C) groups is 1. The summed E-state index contributed by atoms with van der Waals surface area (Å²) in [7, 11) is 4.36. The zero-order valence-corrected chi connectivity index (χ0v) is 19.6. The molecule has 25 heavy (non-hydrogen) atoms. The summed E-state index contributed by atoms with van der Waals surface area (Å²) >= 11 is 0. The highest BCUT2D eigenvalue weighted by Gasteiger charge is 2.23. The fourth-order valence-electron chi connectivity index (χ4n) is 3.64. The lowest BCUT2D eigenvalue weighted by Gasteiger charge is -2.35. The van der Waals surface area contributed by atoms with E-state index in [4.69, 9.17) is 9.73 Å². The molecule has 6 heteroatoms. The Balaban J connectivity index is 0.00000576. The van der Waals surface area contributed by atoms with E-state index in [0.717, 1.165) is 51.6 Å². The lowest BCUT2D eigenvalue weighted by molar-refractivity contribution is 0.0263. The second kappa shape index (κ2) is 14.0. The van der Waals surface area contributed by atoms with E-state index in [-0.39, 0.29) is 24.0 Å². The van der Waals surface area contributed by atoms with Crippen LogP contribution in [0, 0.1) is 5.92 Å². The molecule has 150 valence electrons. The molecule has 0 aromatic carbocycles. The van der Waals surface area contributed by atoms with Crippen LogP contribution < -0.4 is 5.32 Å².